The highest BCUT2D eigenvalue weighted by Gasteiger charge is 2.56. The fraction of sp³-hybridized carbons (Fsp3) is 0.700. The van der Waals surface area contributed by atoms with Gasteiger partial charge in [-0.15, -0.1) is 0 Å². The second kappa shape index (κ2) is 26.4. The van der Waals surface area contributed by atoms with Crippen LogP contribution in [0.25, 0.3) is 6.08 Å². The van der Waals surface area contributed by atoms with E-state index in [-0.39, 0.29) is 38.7 Å². The first-order valence-corrected chi connectivity index (χ1v) is 23.6. The molecule has 2 fully saturated rings. The van der Waals surface area contributed by atoms with Crippen molar-refractivity contribution in [3.05, 3.63) is 66.3 Å². The minimum atomic E-state index is -1.60. The topological polar surface area (TPSA) is 218 Å². The van der Waals surface area contributed by atoms with Crippen LogP contribution in [0.15, 0.2) is 60.7 Å². The Bertz CT molecular complexity index is 1770. The van der Waals surface area contributed by atoms with E-state index in [4.69, 9.17) is 42.6 Å². The maximum Gasteiger partial charge on any atom is 0.309 e. The first-order valence-electron chi connectivity index (χ1n) is 23.6. The van der Waals surface area contributed by atoms with Crippen LogP contribution in [0, 0.1) is 5.92 Å². The molecule has 0 aliphatic carbocycles. The van der Waals surface area contributed by atoms with Crippen LogP contribution < -0.4 is 0 Å². The Labute approximate surface area is 396 Å². The summed E-state index contributed by atoms with van der Waals surface area (Å²) in [7, 11) is 4.87. The molecule has 0 radical (unpaired) electrons. The quantitative estimate of drug-likeness (QED) is 0.133. The molecular weight excluding hydrogens is 871 g/mol. The van der Waals surface area contributed by atoms with Crippen molar-refractivity contribution in [3.63, 3.8) is 0 Å². The zero-order valence-corrected chi connectivity index (χ0v) is 40.9. The van der Waals surface area contributed by atoms with Crippen LogP contribution in [0.5, 0.6) is 0 Å². The molecule has 4 rings (SSSR count). The van der Waals surface area contributed by atoms with Gasteiger partial charge in [-0.2, -0.15) is 0 Å². The minimum absolute atomic E-state index is 0.0231. The molecule has 1 aromatic carbocycles. The zero-order chi connectivity index (χ0) is 49.5. The lowest BCUT2D eigenvalue weighted by atomic mass is 9.78. The Morgan fingerprint density at radius 3 is 2.22 bits per heavy atom. The number of methoxy groups -OCH3 is 1. The first-order chi connectivity index (χ1) is 31.8. The van der Waals surface area contributed by atoms with E-state index in [0.717, 1.165) is 5.56 Å². The highest BCUT2D eigenvalue weighted by atomic mass is 16.7. The fourth-order valence-electron chi connectivity index (χ4n) is 9.11. The Morgan fingerprint density at radius 2 is 1.60 bits per heavy atom. The SMILES string of the molecule is CCC(=O)OC1C(C)OC(OC2C(C)OC(O[C@@H]3[C@@H](OC)[C@H](OC(=O)CC)CC(=O)O[C@H](C)C/C=C/C=C/[C@H](O)[C@H](C)C[C@@]3(CCO)OC/C=C/c3ccccc3)C(O)C2N(C)C)CC1(C)O. The Balaban J connectivity index is 1.83. The molecule has 3 aliphatic heterocycles. The Hall–Kier alpha value is -3.59. The van der Waals surface area contributed by atoms with Gasteiger partial charge in [-0.3, -0.25) is 14.4 Å². The molecule has 0 saturated carbocycles. The maximum atomic E-state index is 13.7. The van der Waals surface area contributed by atoms with Crippen molar-refractivity contribution < 1.29 is 77.4 Å². The number of aliphatic hydroxyl groups excluding tert-OH is 3. The van der Waals surface area contributed by atoms with Gasteiger partial charge in [0, 0.05) is 45.8 Å². The van der Waals surface area contributed by atoms with Gasteiger partial charge in [-0.25, -0.2) is 0 Å². The zero-order valence-electron chi connectivity index (χ0n) is 40.9. The molecule has 1 aromatic rings. The smallest absolute Gasteiger partial charge is 0.309 e. The molecule has 16 atom stereocenters. The summed E-state index contributed by atoms with van der Waals surface area (Å²) >= 11 is 0. The number of hydrogen-bond acceptors (Lipinski definition) is 17. The number of rotatable bonds is 16. The van der Waals surface area contributed by atoms with Gasteiger partial charge in [-0.1, -0.05) is 87.6 Å². The lowest BCUT2D eigenvalue weighted by Gasteiger charge is -2.52. The van der Waals surface area contributed by atoms with Crippen LogP contribution in [0.2, 0.25) is 0 Å². The molecule has 2 saturated heterocycles. The third-order valence-corrected chi connectivity index (χ3v) is 12.6. The average molecular weight is 948 g/mol. The van der Waals surface area contributed by atoms with E-state index in [1.807, 2.05) is 49.4 Å². The van der Waals surface area contributed by atoms with E-state index in [1.165, 1.54) is 7.11 Å². The number of hydrogen-bond donors (Lipinski definition) is 4. The number of benzene rings is 1. The Kier molecular flexibility index (Phi) is 22.1. The molecule has 3 aliphatic rings. The molecule has 17 nitrogen and oxygen atoms in total. The molecule has 17 heteroatoms. The number of carbonyl (C=O) groups is 3. The molecule has 0 aromatic heterocycles. The second-order valence-electron chi connectivity index (χ2n) is 18.4. The number of aliphatic hydroxyl groups is 4. The van der Waals surface area contributed by atoms with Crippen LogP contribution in [0.1, 0.15) is 99.0 Å². The van der Waals surface area contributed by atoms with Crippen molar-refractivity contribution in [1.82, 2.24) is 4.90 Å². The fourth-order valence-corrected chi connectivity index (χ4v) is 9.11. The predicted molar refractivity (Wildman–Crippen MR) is 247 cm³/mol. The number of carbonyl (C=O) groups excluding carboxylic acids is 3. The lowest BCUT2D eigenvalue weighted by Crippen LogP contribution is -2.67. The van der Waals surface area contributed by atoms with E-state index >= 15 is 0 Å². The number of ether oxygens (including phenoxy) is 9. The molecule has 3 heterocycles. The number of nitrogens with zero attached hydrogens (tertiary/aromatic N) is 1. The van der Waals surface area contributed by atoms with Crippen molar-refractivity contribution in [1.29, 1.82) is 0 Å². The van der Waals surface area contributed by atoms with E-state index in [2.05, 4.69) is 0 Å². The molecule has 0 amide bonds. The molecular formula is C50H77NO16. The van der Waals surface area contributed by atoms with E-state index in [1.54, 1.807) is 84.8 Å². The minimum Gasteiger partial charge on any atom is -0.462 e. The largest absolute Gasteiger partial charge is 0.462 e. The summed E-state index contributed by atoms with van der Waals surface area (Å²) in [6.07, 6.45) is -2.57. The molecule has 4 N–H and O–H groups in total. The molecule has 378 valence electrons. The summed E-state index contributed by atoms with van der Waals surface area (Å²) in [5.74, 6) is -2.35. The van der Waals surface area contributed by atoms with E-state index in [9.17, 15) is 34.8 Å². The predicted octanol–water partition coefficient (Wildman–Crippen LogP) is 4.41. The van der Waals surface area contributed by atoms with E-state index < -0.39 is 128 Å². The summed E-state index contributed by atoms with van der Waals surface area (Å²) in [5.41, 5.74) is -2.22. The molecule has 0 bridgehead atoms. The number of likely N-dealkylation sites (N-methyl/N-ethyl adjacent to an activating group) is 1. The van der Waals surface area contributed by atoms with Crippen molar-refractivity contribution in [2.24, 2.45) is 5.92 Å². The van der Waals surface area contributed by atoms with Crippen molar-refractivity contribution >= 4 is 24.0 Å². The van der Waals surface area contributed by atoms with Crippen LogP contribution >= 0.6 is 0 Å². The van der Waals surface area contributed by atoms with Crippen LogP contribution in [0.3, 0.4) is 0 Å². The van der Waals surface area contributed by atoms with Crippen LogP contribution in [0.4, 0.5) is 0 Å². The van der Waals surface area contributed by atoms with Gasteiger partial charge in [-0.05, 0) is 59.7 Å². The highest BCUT2D eigenvalue weighted by Crippen LogP contribution is 2.41. The summed E-state index contributed by atoms with van der Waals surface area (Å²) < 4.78 is 56.7. The van der Waals surface area contributed by atoms with Crippen LogP contribution in [-0.2, 0) is 57.0 Å². The Morgan fingerprint density at radius 1 is 0.910 bits per heavy atom. The van der Waals surface area contributed by atoms with Crippen molar-refractivity contribution in [2.45, 2.75) is 184 Å². The third-order valence-electron chi connectivity index (χ3n) is 12.6. The van der Waals surface area contributed by atoms with Crippen molar-refractivity contribution in [2.75, 3.05) is 34.4 Å². The number of cyclic esters (lactones) is 1. The molecule has 9 unspecified atom stereocenters. The summed E-state index contributed by atoms with van der Waals surface area (Å²) in [6.45, 7) is 11.3. The van der Waals surface area contributed by atoms with Gasteiger partial charge in [0.15, 0.2) is 18.7 Å². The second-order valence-corrected chi connectivity index (χ2v) is 18.4. The van der Waals surface area contributed by atoms with Gasteiger partial charge >= 0.3 is 17.9 Å². The van der Waals surface area contributed by atoms with Gasteiger partial charge in [0.05, 0.1) is 37.4 Å². The van der Waals surface area contributed by atoms with Gasteiger partial charge < -0.3 is 68.0 Å². The number of esters is 3. The molecule has 67 heavy (non-hydrogen) atoms. The van der Waals surface area contributed by atoms with Crippen molar-refractivity contribution in [3.8, 4) is 0 Å². The van der Waals surface area contributed by atoms with E-state index in [0.29, 0.717) is 6.42 Å². The molecule has 0 spiro atoms. The third kappa shape index (κ3) is 15.7. The summed E-state index contributed by atoms with van der Waals surface area (Å²) in [4.78, 5) is 40.9. The van der Waals surface area contributed by atoms with Gasteiger partial charge in [0.2, 0.25) is 0 Å². The average Bonchev–Trinajstić information content (AvgIpc) is 3.27. The standard InChI is InChI=1S/C50H77NO16/c1-11-38(54)64-37-28-40(56)61-32(4)20-15-13-18-24-36(53)31(3)29-50(25-26-52,60-27-19-23-35-21-16-14-17-22-35)47(45(37)59-10)67-48-43(57)42(51(8)9)44(33(5)63-48)66-41-30-49(7,58)46(34(6)62-41)65-39(55)12-2/h13-19,21-24,31-34,36-37,41-48,52-53,57-58H,11-12,20,25-30H2,1-10H3/b15-13+,23-19+,24-18+/t31-,32-,33?,34?,36+,37-,41?,42?,43?,44?,45+,46?,47-,48?,49?,50-/m1/s1. The number of allylic oxidation sites excluding steroid dienone is 2. The monoisotopic (exact) mass is 948 g/mol. The lowest BCUT2D eigenvalue weighted by molar-refractivity contribution is -0.352. The van der Waals surface area contributed by atoms with Gasteiger partial charge in [0.1, 0.15) is 47.8 Å². The first kappa shape index (κ1) is 56.0. The summed E-state index contributed by atoms with van der Waals surface area (Å²) in [5, 5.41) is 46.5. The summed E-state index contributed by atoms with van der Waals surface area (Å²) in [6, 6.07) is 8.72. The maximum absolute atomic E-state index is 13.7. The van der Waals surface area contributed by atoms with Crippen LogP contribution in [-0.4, -0.2) is 169 Å². The van der Waals surface area contributed by atoms with Gasteiger partial charge in [0.25, 0.3) is 0 Å². The normalized spacial score (nSPS) is 38.0. The highest BCUT2D eigenvalue weighted by molar-refractivity contribution is 5.72.